The molecular formula is C18H17F2N3O3S. The molecule has 0 fully saturated rings. The third-order valence-electron chi connectivity index (χ3n) is 3.76. The molecule has 0 radical (unpaired) electrons. The minimum Gasteiger partial charge on any atom is -0.461 e. The number of ether oxygens (including phenoxy) is 1. The Balaban J connectivity index is 1.78. The van der Waals surface area contributed by atoms with Gasteiger partial charge in [-0.3, -0.25) is 9.36 Å². The molecule has 0 aliphatic heterocycles. The summed E-state index contributed by atoms with van der Waals surface area (Å²) >= 11 is 1.18. The lowest BCUT2D eigenvalue weighted by Gasteiger charge is -2.11. The Morgan fingerprint density at radius 2 is 2.15 bits per heavy atom. The molecule has 27 heavy (non-hydrogen) atoms. The highest BCUT2D eigenvalue weighted by atomic mass is 32.2. The number of hydrogen-bond acceptors (Lipinski definition) is 6. The van der Waals surface area contributed by atoms with Crippen molar-refractivity contribution in [3.8, 4) is 17.3 Å². The van der Waals surface area contributed by atoms with E-state index >= 15 is 0 Å². The number of nitrogens with zero attached hydrogens (tertiary/aromatic N) is 3. The van der Waals surface area contributed by atoms with E-state index in [2.05, 4.69) is 14.9 Å². The number of alkyl halides is 2. The van der Waals surface area contributed by atoms with Gasteiger partial charge in [-0.2, -0.15) is 8.78 Å². The van der Waals surface area contributed by atoms with Gasteiger partial charge in [-0.25, -0.2) is 0 Å². The molecular weight excluding hydrogens is 376 g/mol. The maximum Gasteiger partial charge on any atom is 0.387 e. The maximum absolute atomic E-state index is 12.6. The van der Waals surface area contributed by atoms with Crippen molar-refractivity contribution in [1.29, 1.82) is 0 Å². The number of hydrogen-bond donors (Lipinski definition) is 0. The summed E-state index contributed by atoms with van der Waals surface area (Å²) in [5, 5.41) is 8.77. The molecule has 0 saturated heterocycles. The van der Waals surface area contributed by atoms with E-state index in [4.69, 9.17) is 4.42 Å². The Hall–Kier alpha value is -2.68. The van der Waals surface area contributed by atoms with Crippen molar-refractivity contribution in [3.63, 3.8) is 0 Å². The van der Waals surface area contributed by atoms with Crippen molar-refractivity contribution in [2.24, 2.45) is 0 Å². The number of carbonyl (C=O) groups excluding carboxylic acids is 1. The van der Waals surface area contributed by atoms with Gasteiger partial charge >= 0.3 is 6.61 Å². The van der Waals surface area contributed by atoms with Gasteiger partial charge in [0.15, 0.2) is 22.5 Å². The second kappa shape index (κ2) is 8.34. The largest absolute Gasteiger partial charge is 0.461 e. The quantitative estimate of drug-likeness (QED) is 0.416. The van der Waals surface area contributed by atoms with Crippen LogP contribution in [-0.4, -0.2) is 32.9 Å². The van der Waals surface area contributed by atoms with E-state index in [1.807, 2.05) is 11.5 Å². The molecule has 1 aromatic carbocycles. The molecule has 0 spiro atoms. The van der Waals surface area contributed by atoms with E-state index < -0.39 is 6.61 Å². The monoisotopic (exact) mass is 393 g/mol. The molecule has 142 valence electrons. The predicted octanol–water partition coefficient (Wildman–Crippen LogP) is 4.44. The minimum absolute atomic E-state index is 0.0132. The SMILES string of the molecule is CCn1c(SCC(=O)c2cc(C)ccc2OC(F)F)nnc1-c1ccco1. The lowest BCUT2D eigenvalue weighted by atomic mass is 10.1. The molecule has 0 saturated carbocycles. The highest BCUT2D eigenvalue weighted by molar-refractivity contribution is 7.99. The van der Waals surface area contributed by atoms with E-state index in [1.54, 1.807) is 37.5 Å². The van der Waals surface area contributed by atoms with Gasteiger partial charge in [-0.1, -0.05) is 23.4 Å². The lowest BCUT2D eigenvalue weighted by molar-refractivity contribution is -0.0501. The van der Waals surface area contributed by atoms with E-state index in [9.17, 15) is 13.6 Å². The Morgan fingerprint density at radius 1 is 1.33 bits per heavy atom. The Bertz CT molecular complexity index is 926. The highest BCUT2D eigenvalue weighted by Crippen LogP contribution is 2.27. The van der Waals surface area contributed by atoms with E-state index in [0.717, 1.165) is 5.56 Å². The van der Waals surface area contributed by atoms with Crippen LogP contribution in [0.3, 0.4) is 0 Å². The number of halogens is 2. The van der Waals surface area contributed by atoms with Crippen molar-refractivity contribution < 1.29 is 22.7 Å². The summed E-state index contributed by atoms with van der Waals surface area (Å²) in [4.78, 5) is 12.6. The second-order valence-electron chi connectivity index (χ2n) is 5.62. The average Bonchev–Trinajstić information content (AvgIpc) is 3.29. The number of ketones is 1. The molecule has 9 heteroatoms. The molecule has 0 atom stereocenters. The lowest BCUT2D eigenvalue weighted by Crippen LogP contribution is -2.10. The molecule has 0 aliphatic rings. The van der Waals surface area contributed by atoms with Crippen LogP contribution in [0.15, 0.2) is 46.2 Å². The zero-order valence-corrected chi connectivity index (χ0v) is 15.5. The number of aryl methyl sites for hydroxylation is 1. The molecule has 0 aliphatic carbocycles. The van der Waals surface area contributed by atoms with Crippen LogP contribution in [0.4, 0.5) is 8.78 Å². The number of carbonyl (C=O) groups is 1. The Kier molecular flexibility index (Phi) is 5.90. The standard InChI is InChI=1S/C18H17F2N3O3S/c1-3-23-16(15-5-4-8-25-15)21-22-18(23)27-10-13(24)12-9-11(2)6-7-14(12)26-17(19)20/h4-9,17H,3,10H2,1-2H3. The summed E-state index contributed by atoms with van der Waals surface area (Å²) in [6.07, 6.45) is 1.54. The van der Waals surface area contributed by atoms with Crippen LogP contribution < -0.4 is 4.74 Å². The second-order valence-corrected chi connectivity index (χ2v) is 6.56. The molecule has 0 bridgehead atoms. The summed E-state index contributed by atoms with van der Waals surface area (Å²) in [5.74, 6) is 0.696. The molecule has 3 aromatic rings. The number of Topliss-reactive ketones (excluding diaryl/α,β-unsaturated/α-hetero) is 1. The van der Waals surface area contributed by atoms with Gasteiger partial charge in [-0.05, 0) is 38.1 Å². The molecule has 0 unspecified atom stereocenters. The van der Waals surface area contributed by atoms with E-state index in [-0.39, 0.29) is 22.8 Å². The van der Waals surface area contributed by atoms with Crippen LogP contribution in [0, 0.1) is 6.92 Å². The first-order valence-electron chi connectivity index (χ1n) is 8.18. The highest BCUT2D eigenvalue weighted by Gasteiger charge is 2.19. The van der Waals surface area contributed by atoms with Gasteiger partial charge in [0.25, 0.3) is 0 Å². The van der Waals surface area contributed by atoms with Crippen LogP contribution in [0.25, 0.3) is 11.6 Å². The number of benzene rings is 1. The first-order chi connectivity index (χ1) is 13.0. The number of thioether (sulfide) groups is 1. The number of rotatable bonds is 8. The number of aromatic nitrogens is 3. The van der Waals surface area contributed by atoms with Crippen molar-refractivity contribution >= 4 is 17.5 Å². The van der Waals surface area contributed by atoms with Crippen LogP contribution in [0.5, 0.6) is 5.75 Å². The van der Waals surface area contributed by atoms with Crippen molar-refractivity contribution in [3.05, 3.63) is 47.7 Å². The summed E-state index contributed by atoms with van der Waals surface area (Å²) in [6.45, 7) is 1.30. The van der Waals surface area contributed by atoms with Crippen molar-refractivity contribution in [1.82, 2.24) is 14.8 Å². The molecule has 2 heterocycles. The van der Waals surface area contributed by atoms with Crippen LogP contribution in [0.1, 0.15) is 22.8 Å². The molecule has 0 amide bonds. The topological polar surface area (TPSA) is 70.2 Å². The average molecular weight is 393 g/mol. The predicted molar refractivity (Wildman–Crippen MR) is 96.3 cm³/mol. The van der Waals surface area contributed by atoms with Gasteiger partial charge < -0.3 is 9.15 Å². The molecule has 2 aromatic heterocycles. The summed E-state index contributed by atoms with van der Waals surface area (Å²) in [7, 11) is 0. The van der Waals surface area contributed by atoms with Gasteiger partial charge in [0.1, 0.15) is 5.75 Å². The minimum atomic E-state index is -2.99. The van der Waals surface area contributed by atoms with Gasteiger partial charge in [-0.15, -0.1) is 10.2 Å². The zero-order valence-electron chi connectivity index (χ0n) is 14.7. The van der Waals surface area contributed by atoms with Gasteiger partial charge in [0, 0.05) is 6.54 Å². The zero-order chi connectivity index (χ0) is 19.4. The fourth-order valence-corrected chi connectivity index (χ4v) is 3.42. The van der Waals surface area contributed by atoms with E-state index in [1.165, 1.54) is 17.8 Å². The Labute approximate surface area is 158 Å². The van der Waals surface area contributed by atoms with Crippen LogP contribution in [0.2, 0.25) is 0 Å². The normalized spacial score (nSPS) is 11.1. The van der Waals surface area contributed by atoms with Crippen LogP contribution >= 0.6 is 11.8 Å². The Morgan fingerprint density at radius 3 is 2.81 bits per heavy atom. The summed E-state index contributed by atoms with van der Waals surface area (Å²) < 4.78 is 36.8. The van der Waals surface area contributed by atoms with Gasteiger partial charge in [0.2, 0.25) is 0 Å². The number of furan rings is 1. The summed E-state index contributed by atoms with van der Waals surface area (Å²) in [5.41, 5.74) is 0.901. The first kappa shape index (κ1) is 19.1. The fraction of sp³-hybridized carbons (Fsp3) is 0.278. The molecule has 0 N–H and O–H groups in total. The van der Waals surface area contributed by atoms with E-state index in [0.29, 0.717) is 23.3 Å². The molecule has 3 rings (SSSR count). The van der Waals surface area contributed by atoms with Crippen molar-refractivity contribution in [2.45, 2.75) is 32.2 Å². The maximum atomic E-state index is 12.6. The van der Waals surface area contributed by atoms with Crippen molar-refractivity contribution in [2.75, 3.05) is 5.75 Å². The molecule has 6 nitrogen and oxygen atoms in total. The third kappa shape index (κ3) is 4.36. The first-order valence-corrected chi connectivity index (χ1v) is 9.16. The fourth-order valence-electron chi connectivity index (χ4n) is 2.54. The summed E-state index contributed by atoms with van der Waals surface area (Å²) in [6, 6.07) is 8.06. The third-order valence-corrected chi connectivity index (χ3v) is 4.73. The smallest absolute Gasteiger partial charge is 0.387 e. The van der Waals surface area contributed by atoms with Crippen LogP contribution in [-0.2, 0) is 6.54 Å². The van der Waals surface area contributed by atoms with Gasteiger partial charge in [0.05, 0.1) is 17.6 Å².